The highest BCUT2D eigenvalue weighted by molar-refractivity contribution is 6.01. The molecule has 46 heavy (non-hydrogen) atoms. The number of aromatic nitrogens is 4. The molecule has 3 aliphatic heterocycles. The second-order valence-electron chi connectivity index (χ2n) is 13.6. The van der Waals surface area contributed by atoms with Gasteiger partial charge in [0.25, 0.3) is 5.91 Å². The zero-order valence-corrected chi connectivity index (χ0v) is 25.7. The molecule has 4 bridgehead atoms. The third kappa shape index (κ3) is 4.19. The van der Waals surface area contributed by atoms with E-state index in [1.165, 1.54) is 5.56 Å². The van der Waals surface area contributed by atoms with Crippen LogP contribution in [0.15, 0.2) is 60.8 Å². The monoisotopic (exact) mass is 615 g/mol. The van der Waals surface area contributed by atoms with E-state index in [1.807, 2.05) is 34.2 Å². The van der Waals surface area contributed by atoms with Crippen molar-refractivity contribution in [3.05, 3.63) is 71.9 Å². The molecule has 1 saturated carbocycles. The van der Waals surface area contributed by atoms with Gasteiger partial charge in [-0.3, -0.25) is 9.59 Å². The Hall–Kier alpha value is -4.70. The second-order valence-corrected chi connectivity index (χ2v) is 13.6. The lowest BCUT2D eigenvalue weighted by molar-refractivity contribution is -0.117. The summed E-state index contributed by atoms with van der Waals surface area (Å²) in [7, 11) is 0. The maximum atomic E-state index is 13.8. The van der Waals surface area contributed by atoms with Crippen LogP contribution >= 0.6 is 0 Å². The highest BCUT2D eigenvalue weighted by Crippen LogP contribution is 2.40. The summed E-state index contributed by atoms with van der Waals surface area (Å²) in [5.74, 6) is 1.08. The number of imidazole rings is 1. The van der Waals surface area contributed by atoms with Crippen LogP contribution in [-0.2, 0) is 24.3 Å². The van der Waals surface area contributed by atoms with E-state index >= 15 is 0 Å². The fourth-order valence-electron chi connectivity index (χ4n) is 8.66. The van der Waals surface area contributed by atoms with Crippen molar-refractivity contribution < 1.29 is 14.7 Å². The molecule has 2 amide bonds. The first-order chi connectivity index (χ1) is 22.4. The number of rotatable bonds is 1. The summed E-state index contributed by atoms with van der Waals surface area (Å²) >= 11 is 0. The van der Waals surface area contributed by atoms with Gasteiger partial charge in [-0.2, -0.15) is 0 Å². The first-order valence-electron chi connectivity index (χ1n) is 16.6. The number of aromatic hydroxyl groups is 1. The van der Waals surface area contributed by atoms with Crippen molar-refractivity contribution in [1.82, 2.24) is 24.0 Å². The van der Waals surface area contributed by atoms with E-state index in [2.05, 4.69) is 39.5 Å². The minimum Gasteiger partial charge on any atom is -0.506 e. The molecule has 4 aliphatic rings. The summed E-state index contributed by atoms with van der Waals surface area (Å²) in [5.41, 5.74) is 12.0. The average Bonchev–Trinajstić information content (AvgIpc) is 3.87. The molecule has 1 aliphatic carbocycles. The van der Waals surface area contributed by atoms with Crippen molar-refractivity contribution in [3.63, 3.8) is 0 Å². The first-order valence-corrected chi connectivity index (χ1v) is 16.6. The lowest BCUT2D eigenvalue weighted by atomic mass is 10.0. The van der Waals surface area contributed by atoms with Gasteiger partial charge < -0.3 is 29.8 Å². The lowest BCUT2D eigenvalue weighted by Gasteiger charge is -2.27. The highest BCUT2D eigenvalue weighted by Gasteiger charge is 2.47. The molecule has 0 spiro atoms. The van der Waals surface area contributed by atoms with Crippen LogP contribution in [0.5, 0.6) is 5.75 Å². The van der Waals surface area contributed by atoms with Gasteiger partial charge in [-0.1, -0.05) is 18.2 Å². The minimum absolute atomic E-state index is 0.0120. The van der Waals surface area contributed by atoms with Crippen molar-refractivity contribution in [2.24, 2.45) is 17.6 Å². The number of phenols is 1. The van der Waals surface area contributed by atoms with E-state index in [0.717, 1.165) is 61.1 Å². The number of para-hydroxylation sites is 1. The second kappa shape index (κ2) is 10.4. The number of nitrogens with zero attached hydrogens (tertiary/aromatic N) is 6. The van der Waals surface area contributed by atoms with Crippen LogP contribution < -0.4 is 10.6 Å². The van der Waals surface area contributed by atoms with Gasteiger partial charge in [0.1, 0.15) is 16.9 Å². The van der Waals surface area contributed by atoms with Crippen molar-refractivity contribution >= 4 is 39.6 Å². The van der Waals surface area contributed by atoms with Gasteiger partial charge in [0.15, 0.2) is 5.82 Å². The van der Waals surface area contributed by atoms with E-state index in [9.17, 15) is 14.7 Å². The summed E-state index contributed by atoms with van der Waals surface area (Å²) in [5, 5.41) is 12.7. The molecule has 1 unspecified atom stereocenters. The number of hydrogen-bond acceptors (Lipinski definition) is 6. The van der Waals surface area contributed by atoms with Gasteiger partial charge in [0.05, 0.1) is 11.2 Å². The molecule has 9 rings (SSSR count). The van der Waals surface area contributed by atoms with Gasteiger partial charge >= 0.3 is 0 Å². The Labute approximate surface area is 266 Å². The Kier molecular flexibility index (Phi) is 6.25. The average molecular weight is 616 g/mol. The van der Waals surface area contributed by atoms with Crippen LogP contribution in [0.1, 0.15) is 48.0 Å². The van der Waals surface area contributed by atoms with E-state index < -0.39 is 0 Å². The fraction of sp³-hybridized carbons (Fsp3) is 0.389. The SMILES string of the molecule is N[C@@H]1[C@@H]2CC[C@H]1N(C(=O)c1cc(O)c3c(c1)nc1n3CC3CC(=O)N(C3)c3ccccc3CCCCn3c-1cc1cccnc13)C2. The summed E-state index contributed by atoms with van der Waals surface area (Å²) in [6, 6.07) is 17.8. The molecule has 10 heteroatoms. The number of anilines is 1. The molecule has 6 heterocycles. The van der Waals surface area contributed by atoms with Crippen LogP contribution in [0.25, 0.3) is 33.6 Å². The minimum atomic E-state index is -0.108. The Morgan fingerprint density at radius 2 is 1.87 bits per heavy atom. The zero-order chi connectivity index (χ0) is 31.1. The number of nitrogens with two attached hydrogens (primary N) is 1. The molecule has 0 radical (unpaired) electrons. The number of aryl methyl sites for hydroxylation is 2. The normalized spacial score (nSPS) is 24.3. The number of carbonyl (C=O) groups is 2. The Balaban J connectivity index is 1.20. The van der Waals surface area contributed by atoms with Gasteiger partial charge in [-0.05, 0) is 80.0 Å². The third-order valence-electron chi connectivity index (χ3n) is 10.9. The molecular formula is C36H37N7O3. The Morgan fingerprint density at radius 1 is 0.978 bits per heavy atom. The van der Waals surface area contributed by atoms with Gasteiger partial charge in [-0.25, -0.2) is 9.97 Å². The number of pyridine rings is 1. The van der Waals surface area contributed by atoms with Gasteiger partial charge in [-0.15, -0.1) is 0 Å². The molecule has 3 fully saturated rings. The largest absolute Gasteiger partial charge is 0.506 e. The van der Waals surface area contributed by atoms with Crippen LogP contribution in [0.2, 0.25) is 0 Å². The van der Waals surface area contributed by atoms with Crippen LogP contribution in [0.4, 0.5) is 5.69 Å². The van der Waals surface area contributed by atoms with Gasteiger partial charge in [0.2, 0.25) is 5.91 Å². The third-order valence-corrected chi connectivity index (χ3v) is 10.9. The molecule has 3 aromatic heterocycles. The van der Waals surface area contributed by atoms with Crippen molar-refractivity contribution in [2.75, 3.05) is 18.0 Å². The molecule has 4 atom stereocenters. The summed E-state index contributed by atoms with van der Waals surface area (Å²) < 4.78 is 4.30. The molecular weight excluding hydrogens is 578 g/mol. The Bertz CT molecular complexity index is 2050. The number of amides is 2. The fourth-order valence-corrected chi connectivity index (χ4v) is 8.66. The number of likely N-dealkylation sites (tertiary alicyclic amines) is 1. The zero-order valence-electron chi connectivity index (χ0n) is 25.7. The van der Waals surface area contributed by atoms with E-state index in [0.29, 0.717) is 54.4 Å². The molecule has 5 aromatic rings. The molecule has 2 aromatic carbocycles. The predicted octanol–water partition coefficient (Wildman–Crippen LogP) is 4.71. The van der Waals surface area contributed by atoms with Crippen LogP contribution in [0, 0.1) is 11.8 Å². The number of carbonyl (C=O) groups excluding carboxylic acids is 2. The number of piperidine rings is 1. The first kappa shape index (κ1) is 27.6. The van der Waals surface area contributed by atoms with E-state index in [1.54, 1.807) is 6.07 Å². The van der Waals surface area contributed by atoms with Crippen molar-refractivity contribution in [3.8, 4) is 17.3 Å². The number of benzene rings is 2. The standard InChI is InChI=1S/C36H37N7O3/c37-32-24-10-11-28(32)42(20-24)36(46)25-15-26-33(30(44)17-25)43-19-21-14-31(45)41(18-21)27-9-2-1-6-22(27)7-3-4-13-40-29(35(43)39-26)16-23-8-5-12-38-34(23)40/h1-2,5-6,8-9,12,15-17,21,24,28,32,44H,3-4,7,10-11,13-14,18-20,37H2/t21?,24-,28-,32-/m1/s1. The van der Waals surface area contributed by atoms with Crippen molar-refractivity contribution in [1.29, 1.82) is 0 Å². The summed E-state index contributed by atoms with van der Waals surface area (Å²) in [6.07, 6.45) is 6.97. The van der Waals surface area contributed by atoms with E-state index in [4.69, 9.17) is 15.7 Å². The summed E-state index contributed by atoms with van der Waals surface area (Å²) in [4.78, 5) is 41.0. The van der Waals surface area contributed by atoms with Crippen LogP contribution in [-0.4, -0.2) is 66.1 Å². The highest BCUT2D eigenvalue weighted by atomic mass is 16.3. The lowest BCUT2D eigenvalue weighted by Crippen LogP contribution is -2.41. The Morgan fingerprint density at radius 3 is 2.72 bits per heavy atom. The molecule has 3 N–H and O–H groups in total. The molecule has 10 nitrogen and oxygen atoms in total. The number of hydrogen-bond donors (Lipinski definition) is 2. The number of fused-ring (bicyclic) bond motifs is 13. The quantitative estimate of drug-likeness (QED) is 0.282. The van der Waals surface area contributed by atoms with Crippen LogP contribution in [0.3, 0.4) is 0 Å². The smallest absolute Gasteiger partial charge is 0.254 e. The maximum Gasteiger partial charge on any atom is 0.254 e. The molecule has 2 saturated heterocycles. The van der Waals surface area contributed by atoms with Crippen molar-refractivity contribution in [2.45, 2.75) is 63.7 Å². The maximum absolute atomic E-state index is 13.8. The topological polar surface area (TPSA) is 123 Å². The number of phenolic OH excluding ortho intramolecular Hbond substituents is 1. The molecule has 234 valence electrons. The van der Waals surface area contributed by atoms with E-state index in [-0.39, 0.29) is 35.6 Å². The summed E-state index contributed by atoms with van der Waals surface area (Å²) in [6.45, 7) is 2.50. The van der Waals surface area contributed by atoms with Gasteiger partial charge in [0, 0.05) is 73.4 Å². The predicted molar refractivity (Wildman–Crippen MR) is 175 cm³/mol.